The maximum atomic E-state index is 12.4. The zero-order chi connectivity index (χ0) is 18.9. The third-order valence-corrected chi connectivity index (χ3v) is 4.21. The number of hydrogen-bond donors (Lipinski definition) is 2. The maximum absolute atomic E-state index is 12.4. The van der Waals surface area contributed by atoms with Gasteiger partial charge in [-0.15, -0.1) is 12.4 Å². The van der Waals surface area contributed by atoms with E-state index >= 15 is 0 Å². The third-order valence-electron chi connectivity index (χ3n) is 4.21. The topological polar surface area (TPSA) is 82.8 Å². The van der Waals surface area contributed by atoms with Crippen molar-refractivity contribution < 1.29 is 19.0 Å². The fourth-order valence-corrected chi connectivity index (χ4v) is 2.59. The van der Waals surface area contributed by atoms with E-state index in [1.54, 1.807) is 19.1 Å². The molecule has 0 bridgehead atoms. The van der Waals surface area contributed by atoms with Crippen LogP contribution < -0.4 is 25.3 Å². The Hall–Kier alpha value is -2.60. The minimum absolute atomic E-state index is 0. The van der Waals surface area contributed by atoms with Crippen molar-refractivity contribution in [2.75, 3.05) is 17.8 Å². The molecule has 7 heteroatoms. The van der Waals surface area contributed by atoms with Crippen LogP contribution in [0.25, 0.3) is 0 Å². The molecule has 0 spiro atoms. The Bertz CT molecular complexity index is 816. The van der Waals surface area contributed by atoms with Gasteiger partial charge >= 0.3 is 0 Å². The largest absolute Gasteiger partial charge is 0.481 e. The van der Waals surface area contributed by atoms with E-state index in [0.29, 0.717) is 28.6 Å². The fraction of sp³-hybridized carbons (Fsp3) is 0.350. The number of nitrogen functional groups attached to an aromatic ring is 1. The van der Waals surface area contributed by atoms with Gasteiger partial charge in [0.1, 0.15) is 5.75 Å². The summed E-state index contributed by atoms with van der Waals surface area (Å²) < 4.78 is 16.3. The number of anilines is 2. The van der Waals surface area contributed by atoms with Gasteiger partial charge in [0.2, 0.25) is 6.79 Å². The van der Waals surface area contributed by atoms with E-state index in [2.05, 4.69) is 26.1 Å². The summed E-state index contributed by atoms with van der Waals surface area (Å²) in [5, 5.41) is 2.77. The minimum atomic E-state index is -0.680. The summed E-state index contributed by atoms with van der Waals surface area (Å²) >= 11 is 0. The molecule has 3 N–H and O–H groups in total. The number of rotatable bonds is 4. The van der Waals surface area contributed by atoms with Crippen molar-refractivity contribution in [2.45, 2.75) is 39.2 Å². The first-order valence-corrected chi connectivity index (χ1v) is 8.51. The van der Waals surface area contributed by atoms with Crippen LogP contribution in [0.2, 0.25) is 0 Å². The quantitative estimate of drug-likeness (QED) is 0.764. The Kier molecular flexibility index (Phi) is 6.11. The predicted octanol–water partition coefficient (Wildman–Crippen LogP) is 4.12. The molecule has 2 aromatic rings. The van der Waals surface area contributed by atoms with Gasteiger partial charge in [-0.1, -0.05) is 32.9 Å². The van der Waals surface area contributed by atoms with Crippen LogP contribution in [0.5, 0.6) is 17.2 Å². The second-order valence-electron chi connectivity index (χ2n) is 7.32. The van der Waals surface area contributed by atoms with Gasteiger partial charge in [-0.2, -0.15) is 0 Å². The summed E-state index contributed by atoms with van der Waals surface area (Å²) in [5.74, 6) is 1.47. The van der Waals surface area contributed by atoms with Crippen LogP contribution in [0.1, 0.15) is 33.3 Å². The van der Waals surface area contributed by atoms with Crippen LogP contribution in [0, 0.1) is 0 Å². The first kappa shape index (κ1) is 20.7. The van der Waals surface area contributed by atoms with Crippen LogP contribution in [-0.4, -0.2) is 18.8 Å². The second kappa shape index (κ2) is 7.96. The molecule has 1 atom stereocenters. The number of ether oxygens (including phenoxy) is 3. The normalized spacial score (nSPS) is 13.5. The number of fused-ring (bicyclic) bond motifs is 1. The van der Waals surface area contributed by atoms with Gasteiger partial charge in [0.05, 0.1) is 11.4 Å². The molecular formula is C20H25ClN2O4. The molecule has 2 aromatic carbocycles. The highest BCUT2D eigenvalue weighted by Crippen LogP contribution is 2.38. The lowest BCUT2D eigenvalue weighted by Gasteiger charge is -2.20. The lowest BCUT2D eigenvalue weighted by atomic mass is 9.87. The van der Waals surface area contributed by atoms with Gasteiger partial charge in [0.25, 0.3) is 5.91 Å². The van der Waals surface area contributed by atoms with Gasteiger partial charge in [-0.05, 0) is 30.0 Å². The highest BCUT2D eigenvalue weighted by Gasteiger charge is 2.20. The summed E-state index contributed by atoms with van der Waals surface area (Å²) in [4.78, 5) is 12.4. The van der Waals surface area contributed by atoms with Gasteiger partial charge in [0, 0.05) is 12.1 Å². The average molecular weight is 393 g/mol. The molecule has 0 fully saturated rings. The Labute approximate surface area is 165 Å². The van der Waals surface area contributed by atoms with Gasteiger partial charge in [0.15, 0.2) is 17.6 Å². The predicted molar refractivity (Wildman–Crippen MR) is 108 cm³/mol. The molecule has 0 radical (unpaired) electrons. The van der Waals surface area contributed by atoms with E-state index in [9.17, 15) is 4.79 Å². The van der Waals surface area contributed by atoms with Crippen molar-refractivity contribution in [1.82, 2.24) is 0 Å². The van der Waals surface area contributed by atoms with E-state index in [0.717, 1.165) is 0 Å². The Morgan fingerprint density at radius 2 is 1.74 bits per heavy atom. The van der Waals surface area contributed by atoms with Crippen molar-refractivity contribution in [1.29, 1.82) is 0 Å². The van der Waals surface area contributed by atoms with Crippen LogP contribution in [0.4, 0.5) is 11.4 Å². The van der Waals surface area contributed by atoms with E-state index in [1.165, 1.54) is 5.56 Å². The Morgan fingerprint density at radius 1 is 1.15 bits per heavy atom. The minimum Gasteiger partial charge on any atom is -0.481 e. The second-order valence-corrected chi connectivity index (χ2v) is 7.32. The standard InChI is InChI=1S/C20H24N2O4.ClH/c1-12(26-14-7-5-13(6-8-14)20(2,3)4)19(23)22-16-10-18-17(9-15(16)21)24-11-25-18;/h5-10,12H,11,21H2,1-4H3,(H,22,23);1H. The molecule has 0 aromatic heterocycles. The van der Waals surface area contributed by atoms with E-state index in [1.807, 2.05) is 24.3 Å². The number of amides is 1. The van der Waals surface area contributed by atoms with Crippen molar-refractivity contribution in [3.63, 3.8) is 0 Å². The van der Waals surface area contributed by atoms with Crippen molar-refractivity contribution >= 4 is 29.7 Å². The molecule has 146 valence electrons. The van der Waals surface area contributed by atoms with Gasteiger partial charge in [-0.3, -0.25) is 4.79 Å². The number of nitrogens with one attached hydrogen (secondary N) is 1. The Morgan fingerprint density at radius 3 is 2.33 bits per heavy atom. The number of carbonyl (C=O) groups excluding carboxylic acids is 1. The first-order chi connectivity index (χ1) is 12.2. The Balaban J connectivity index is 0.00000261. The van der Waals surface area contributed by atoms with Gasteiger partial charge in [-0.25, -0.2) is 0 Å². The molecule has 6 nitrogen and oxygen atoms in total. The molecule has 1 unspecified atom stereocenters. The molecule has 0 saturated carbocycles. The summed E-state index contributed by atoms with van der Waals surface area (Å²) in [5.41, 5.74) is 8.11. The molecule has 1 heterocycles. The molecular weight excluding hydrogens is 368 g/mol. The van der Waals surface area contributed by atoms with Crippen molar-refractivity contribution in [2.24, 2.45) is 0 Å². The number of hydrogen-bond acceptors (Lipinski definition) is 5. The third kappa shape index (κ3) is 4.77. The maximum Gasteiger partial charge on any atom is 0.265 e. The zero-order valence-corrected chi connectivity index (χ0v) is 16.7. The van der Waals surface area contributed by atoms with Crippen LogP contribution >= 0.6 is 12.4 Å². The highest BCUT2D eigenvalue weighted by atomic mass is 35.5. The van der Waals surface area contributed by atoms with E-state index in [-0.39, 0.29) is 30.5 Å². The van der Waals surface area contributed by atoms with Crippen molar-refractivity contribution in [3.05, 3.63) is 42.0 Å². The van der Waals surface area contributed by atoms with Gasteiger partial charge < -0.3 is 25.3 Å². The van der Waals surface area contributed by atoms with Crippen LogP contribution in [0.15, 0.2) is 36.4 Å². The fourth-order valence-electron chi connectivity index (χ4n) is 2.59. The number of nitrogens with two attached hydrogens (primary N) is 1. The monoisotopic (exact) mass is 392 g/mol. The summed E-state index contributed by atoms with van der Waals surface area (Å²) in [6.07, 6.45) is -0.680. The molecule has 1 aliphatic rings. The summed E-state index contributed by atoms with van der Waals surface area (Å²) in [6.45, 7) is 8.28. The van der Waals surface area contributed by atoms with E-state index < -0.39 is 6.10 Å². The van der Waals surface area contributed by atoms with E-state index in [4.69, 9.17) is 19.9 Å². The van der Waals surface area contributed by atoms with Crippen molar-refractivity contribution in [3.8, 4) is 17.2 Å². The highest BCUT2D eigenvalue weighted by molar-refractivity contribution is 5.97. The molecule has 0 saturated heterocycles. The first-order valence-electron chi connectivity index (χ1n) is 8.51. The number of benzene rings is 2. The molecule has 1 amide bonds. The molecule has 0 aliphatic carbocycles. The number of halogens is 1. The molecule has 27 heavy (non-hydrogen) atoms. The summed E-state index contributed by atoms with van der Waals surface area (Å²) in [6, 6.07) is 11.1. The average Bonchev–Trinajstić information content (AvgIpc) is 3.01. The lowest BCUT2D eigenvalue weighted by Crippen LogP contribution is -2.30. The zero-order valence-electron chi connectivity index (χ0n) is 15.9. The molecule has 3 rings (SSSR count). The van der Waals surface area contributed by atoms with Crippen LogP contribution in [0.3, 0.4) is 0 Å². The number of carbonyl (C=O) groups is 1. The lowest BCUT2D eigenvalue weighted by molar-refractivity contribution is -0.122. The SMILES string of the molecule is CC(Oc1ccc(C(C)(C)C)cc1)C(=O)Nc1cc2c(cc1N)OCO2.Cl. The summed E-state index contributed by atoms with van der Waals surface area (Å²) in [7, 11) is 0. The van der Waals surface area contributed by atoms with Crippen LogP contribution in [-0.2, 0) is 10.2 Å². The molecule has 1 aliphatic heterocycles. The smallest absolute Gasteiger partial charge is 0.265 e.